The van der Waals surface area contributed by atoms with E-state index in [2.05, 4.69) is 43.4 Å². The van der Waals surface area contributed by atoms with Crippen LogP contribution in [-0.2, 0) is 22.5 Å². The van der Waals surface area contributed by atoms with Gasteiger partial charge in [-0.1, -0.05) is 18.7 Å². The number of anilines is 1. The fourth-order valence-electron chi connectivity index (χ4n) is 3.02. The number of ether oxygens (including phenoxy) is 1. The molecule has 7 nitrogen and oxygen atoms in total. The largest absolute Gasteiger partial charge is 0.376 e. The first-order valence-electron chi connectivity index (χ1n) is 9.17. The Kier molecular flexibility index (Phi) is 6.40. The predicted molar refractivity (Wildman–Crippen MR) is 113 cm³/mol. The number of aryl methyl sites for hydroxylation is 1. The molecule has 1 N–H and O–H groups in total. The number of hydrogen-bond donors (Lipinski definition) is 1. The van der Waals surface area contributed by atoms with Gasteiger partial charge in [0, 0.05) is 34.0 Å². The molecule has 1 amide bonds. The van der Waals surface area contributed by atoms with E-state index in [9.17, 15) is 4.79 Å². The summed E-state index contributed by atoms with van der Waals surface area (Å²) in [6.07, 6.45) is 4.96. The summed E-state index contributed by atoms with van der Waals surface area (Å²) in [5.74, 6) is 0.999. The lowest BCUT2D eigenvalue weighted by atomic mass is 10.2. The highest BCUT2D eigenvalue weighted by atomic mass is 32.2. The number of amides is 1. The van der Waals surface area contributed by atoms with Crippen LogP contribution in [0.2, 0.25) is 0 Å². The van der Waals surface area contributed by atoms with E-state index in [1.54, 1.807) is 17.5 Å². The molecular weight excluding hydrogens is 414 g/mol. The lowest BCUT2D eigenvalue weighted by Crippen LogP contribution is -2.18. The summed E-state index contributed by atoms with van der Waals surface area (Å²) in [4.78, 5) is 17.6. The lowest BCUT2D eigenvalue weighted by Gasteiger charge is -2.14. The SMILES string of the molecule is CCc1cc(-c2nnc(SCC(=O)Nc3nccs3)n2CC2CCCO2)cs1. The molecule has 28 heavy (non-hydrogen) atoms. The second kappa shape index (κ2) is 9.17. The van der Waals surface area contributed by atoms with E-state index in [4.69, 9.17) is 4.74 Å². The van der Waals surface area contributed by atoms with Gasteiger partial charge in [-0.05, 0) is 25.3 Å². The summed E-state index contributed by atoms with van der Waals surface area (Å²) < 4.78 is 7.92. The Labute approximate surface area is 175 Å². The van der Waals surface area contributed by atoms with Crippen LogP contribution in [0, 0.1) is 0 Å². The monoisotopic (exact) mass is 435 g/mol. The Morgan fingerprint density at radius 3 is 3.07 bits per heavy atom. The highest BCUT2D eigenvalue weighted by Crippen LogP contribution is 2.29. The smallest absolute Gasteiger partial charge is 0.236 e. The first kappa shape index (κ1) is 19.6. The maximum Gasteiger partial charge on any atom is 0.236 e. The van der Waals surface area contributed by atoms with E-state index in [0.717, 1.165) is 42.4 Å². The summed E-state index contributed by atoms with van der Waals surface area (Å²) >= 11 is 4.53. The van der Waals surface area contributed by atoms with Crippen molar-refractivity contribution in [3.8, 4) is 11.4 Å². The molecule has 0 saturated carbocycles. The van der Waals surface area contributed by atoms with Crippen molar-refractivity contribution < 1.29 is 9.53 Å². The van der Waals surface area contributed by atoms with E-state index >= 15 is 0 Å². The number of thiazole rings is 1. The third-order valence-corrected chi connectivity index (χ3v) is 7.13. The van der Waals surface area contributed by atoms with Gasteiger partial charge >= 0.3 is 0 Å². The molecule has 3 aromatic heterocycles. The molecule has 1 fully saturated rings. The van der Waals surface area contributed by atoms with Crippen molar-refractivity contribution in [2.45, 2.75) is 44.0 Å². The molecule has 1 saturated heterocycles. The van der Waals surface area contributed by atoms with E-state index in [-0.39, 0.29) is 17.8 Å². The molecule has 1 atom stereocenters. The number of thioether (sulfide) groups is 1. The molecule has 0 aromatic carbocycles. The lowest BCUT2D eigenvalue weighted by molar-refractivity contribution is -0.113. The Morgan fingerprint density at radius 2 is 2.36 bits per heavy atom. The van der Waals surface area contributed by atoms with Gasteiger partial charge in [-0.15, -0.1) is 32.9 Å². The molecule has 1 unspecified atom stereocenters. The van der Waals surface area contributed by atoms with Gasteiger partial charge in [0.05, 0.1) is 18.4 Å². The van der Waals surface area contributed by atoms with Crippen molar-refractivity contribution in [1.82, 2.24) is 19.7 Å². The quantitative estimate of drug-likeness (QED) is 0.540. The molecule has 0 bridgehead atoms. The van der Waals surface area contributed by atoms with E-state index in [0.29, 0.717) is 11.7 Å². The third-order valence-electron chi connectivity index (χ3n) is 4.40. The first-order valence-corrected chi connectivity index (χ1v) is 11.9. The standard InChI is InChI=1S/C18H21N5O2S3/c1-2-14-8-12(10-27-14)16-21-22-18(23(16)9-13-4-3-6-25-13)28-11-15(24)20-17-19-5-7-26-17/h5,7-8,10,13H,2-4,6,9,11H2,1H3,(H,19,20,24). The number of hydrogen-bond acceptors (Lipinski definition) is 8. The molecule has 0 aliphatic carbocycles. The van der Waals surface area contributed by atoms with Crippen LogP contribution in [0.15, 0.2) is 28.2 Å². The van der Waals surface area contributed by atoms with Gasteiger partial charge in [-0.25, -0.2) is 4.98 Å². The molecule has 0 radical (unpaired) electrons. The molecule has 0 spiro atoms. The number of rotatable bonds is 8. The van der Waals surface area contributed by atoms with Crippen LogP contribution in [0.25, 0.3) is 11.4 Å². The summed E-state index contributed by atoms with van der Waals surface area (Å²) in [5, 5.41) is 16.9. The van der Waals surface area contributed by atoms with E-state index in [1.807, 2.05) is 5.38 Å². The predicted octanol–water partition coefficient (Wildman–Crippen LogP) is 3.94. The second-order valence-corrected chi connectivity index (χ2v) is 9.21. The van der Waals surface area contributed by atoms with Crippen molar-refractivity contribution >= 4 is 45.5 Å². The molecular formula is C18H21N5O2S3. The average Bonchev–Trinajstić information content (AvgIpc) is 3.48. The van der Waals surface area contributed by atoms with Crippen molar-refractivity contribution in [1.29, 1.82) is 0 Å². The van der Waals surface area contributed by atoms with E-state index in [1.165, 1.54) is 28.0 Å². The number of nitrogens with zero attached hydrogens (tertiary/aromatic N) is 4. The minimum Gasteiger partial charge on any atom is -0.376 e. The summed E-state index contributed by atoms with van der Waals surface area (Å²) in [5.41, 5.74) is 1.08. The molecule has 4 heterocycles. The fourth-order valence-corrected chi connectivity index (χ4v) is 5.13. The van der Waals surface area contributed by atoms with Crippen LogP contribution in [0.4, 0.5) is 5.13 Å². The highest BCUT2D eigenvalue weighted by molar-refractivity contribution is 7.99. The molecule has 4 rings (SSSR count). The summed E-state index contributed by atoms with van der Waals surface area (Å²) in [6.45, 7) is 3.66. The zero-order valence-electron chi connectivity index (χ0n) is 15.5. The van der Waals surface area contributed by atoms with Gasteiger partial charge < -0.3 is 10.1 Å². The number of carbonyl (C=O) groups excluding carboxylic acids is 1. The maximum absolute atomic E-state index is 12.2. The van der Waals surface area contributed by atoms with Crippen molar-refractivity contribution in [2.75, 3.05) is 17.7 Å². The second-order valence-electron chi connectivity index (χ2n) is 6.38. The van der Waals surface area contributed by atoms with E-state index < -0.39 is 0 Å². The van der Waals surface area contributed by atoms with Crippen LogP contribution >= 0.6 is 34.4 Å². The molecule has 1 aliphatic rings. The Bertz CT molecular complexity index is 916. The maximum atomic E-state index is 12.2. The topological polar surface area (TPSA) is 81.9 Å². The minimum absolute atomic E-state index is 0.100. The number of aromatic nitrogens is 4. The number of thiophene rings is 1. The molecule has 3 aromatic rings. The number of carbonyl (C=O) groups is 1. The van der Waals surface area contributed by atoms with Crippen LogP contribution < -0.4 is 5.32 Å². The Morgan fingerprint density at radius 1 is 1.43 bits per heavy atom. The molecule has 1 aliphatic heterocycles. The van der Waals surface area contributed by atoms with Crippen LogP contribution in [0.3, 0.4) is 0 Å². The summed E-state index contributed by atoms with van der Waals surface area (Å²) in [7, 11) is 0. The van der Waals surface area contributed by atoms with Gasteiger partial charge in [0.1, 0.15) is 0 Å². The van der Waals surface area contributed by atoms with Gasteiger partial charge in [-0.2, -0.15) is 0 Å². The minimum atomic E-state index is -0.100. The molecule has 148 valence electrons. The van der Waals surface area contributed by atoms with Crippen molar-refractivity contribution in [3.05, 3.63) is 27.9 Å². The zero-order valence-corrected chi connectivity index (χ0v) is 17.9. The van der Waals surface area contributed by atoms with Gasteiger partial charge in [-0.3, -0.25) is 9.36 Å². The zero-order chi connectivity index (χ0) is 19.3. The summed E-state index contributed by atoms with van der Waals surface area (Å²) in [6, 6.07) is 2.17. The van der Waals surface area contributed by atoms with Gasteiger partial charge in [0.25, 0.3) is 0 Å². The first-order chi connectivity index (χ1) is 13.7. The van der Waals surface area contributed by atoms with Crippen LogP contribution in [-0.4, -0.2) is 44.1 Å². The van der Waals surface area contributed by atoms with Crippen LogP contribution in [0.5, 0.6) is 0 Å². The van der Waals surface area contributed by atoms with Gasteiger partial charge in [0.2, 0.25) is 5.91 Å². The average molecular weight is 436 g/mol. The normalized spacial score (nSPS) is 16.5. The molecule has 10 heteroatoms. The fraction of sp³-hybridized carbons (Fsp3) is 0.444. The third kappa shape index (κ3) is 4.62. The highest BCUT2D eigenvalue weighted by Gasteiger charge is 2.22. The Balaban J connectivity index is 1.51. The van der Waals surface area contributed by atoms with Crippen LogP contribution in [0.1, 0.15) is 24.6 Å². The van der Waals surface area contributed by atoms with Crippen molar-refractivity contribution in [2.24, 2.45) is 0 Å². The van der Waals surface area contributed by atoms with Gasteiger partial charge in [0.15, 0.2) is 16.1 Å². The van der Waals surface area contributed by atoms with Crippen molar-refractivity contribution in [3.63, 3.8) is 0 Å². The number of nitrogens with one attached hydrogen (secondary N) is 1. The Hall–Kier alpha value is -1.75.